The van der Waals surface area contributed by atoms with Gasteiger partial charge in [0, 0.05) is 42.0 Å². The zero-order valence-corrected chi connectivity index (χ0v) is 24.7. The number of aliphatic hydroxyl groups is 1. The number of halogens is 1. The van der Waals surface area contributed by atoms with Crippen LogP contribution in [0.3, 0.4) is 0 Å². The second-order valence-corrected chi connectivity index (χ2v) is 11.8. The molecule has 2 fully saturated rings. The monoisotopic (exact) mass is 588 g/mol. The Morgan fingerprint density at radius 3 is 2.60 bits per heavy atom. The lowest BCUT2D eigenvalue weighted by atomic mass is 9.80. The number of ether oxygens (including phenoxy) is 3. The molecule has 2 aliphatic heterocycles. The summed E-state index contributed by atoms with van der Waals surface area (Å²) in [6.45, 7) is 5.02. The Hall–Kier alpha value is -3.39. The number of carbonyl (C=O) groups is 1. The topological polar surface area (TPSA) is 81.1 Å². The average Bonchev–Trinajstić information content (AvgIpc) is 3.13. The van der Waals surface area contributed by atoms with Crippen molar-refractivity contribution in [1.82, 2.24) is 9.88 Å². The van der Waals surface area contributed by atoms with E-state index < -0.39 is 11.2 Å². The number of fused-ring (bicyclic) bond motifs is 2. The number of esters is 1. The first kappa shape index (κ1) is 28.7. The minimum absolute atomic E-state index is 0.294. The molecule has 0 radical (unpaired) electrons. The molecule has 7 nitrogen and oxygen atoms in total. The van der Waals surface area contributed by atoms with E-state index >= 15 is 0 Å². The number of hydrogen-bond acceptors (Lipinski definition) is 7. The van der Waals surface area contributed by atoms with Crippen LogP contribution in [0.1, 0.15) is 67.8 Å². The van der Waals surface area contributed by atoms with Gasteiger partial charge in [0.15, 0.2) is 0 Å². The van der Waals surface area contributed by atoms with Gasteiger partial charge in [-0.05, 0) is 93.0 Å². The number of aromatic nitrogens is 1. The maximum absolute atomic E-state index is 12.7. The summed E-state index contributed by atoms with van der Waals surface area (Å²) in [7, 11) is 0. The number of hydrogen-bond donors (Lipinski definition) is 1. The van der Waals surface area contributed by atoms with E-state index in [0.29, 0.717) is 49.7 Å². The van der Waals surface area contributed by atoms with Crippen molar-refractivity contribution < 1.29 is 24.1 Å². The van der Waals surface area contributed by atoms with E-state index in [1.54, 1.807) is 6.20 Å². The smallest absolute Gasteiger partial charge is 0.350 e. The maximum Gasteiger partial charge on any atom is 0.350 e. The molecule has 1 aliphatic carbocycles. The van der Waals surface area contributed by atoms with Crippen LogP contribution in [0, 0.1) is 0 Å². The Labute approximate surface area is 252 Å². The molecule has 3 aromatic rings. The van der Waals surface area contributed by atoms with E-state index in [0.717, 1.165) is 66.2 Å². The lowest BCUT2D eigenvalue weighted by molar-refractivity contribution is -0.169. The van der Waals surface area contributed by atoms with Crippen molar-refractivity contribution in [3.05, 3.63) is 94.3 Å². The van der Waals surface area contributed by atoms with E-state index in [4.69, 9.17) is 25.8 Å². The largest absolute Gasteiger partial charge is 0.487 e. The average molecular weight is 589 g/mol. The summed E-state index contributed by atoms with van der Waals surface area (Å²) in [4.78, 5) is 19.7. The van der Waals surface area contributed by atoms with Gasteiger partial charge in [-0.25, -0.2) is 4.79 Å². The summed E-state index contributed by atoms with van der Waals surface area (Å²) in [5, 5.41) is 12.0. The summed E-state index contributed by atoms with van der Waals surface area (Å²) >= 11 is 6.05. The van der Waals surface area contributed by atoms with Crippen molar-refractivity contribution in [1.29, 1.82) is 0 Å². The van der Waals surface area contributed by atoms with Crippen molar-refractivity contribution in [3.8, 4) is 11.5 Å². The highest BCUT2D eigenvalue weighted by Crippen LogP contribution is 2.42. The Balaban J connectivity index is 1.21. The van der Waals surface area contributed by atoms with Crippen LogP contribution in [0.4, 0.5) is 0 Å². The fraction of sp³-hybridized carbons (Fsp3) is 0.412. The number of piperidine rings is 1. The molecule has 220 valence electrons. The molecule has 0 atom stereocenters. The second kappa shape index (κ2) is 12.1. The van der Waals surface area contributed by atoms with E-state index in [9.17, 15) is 9.90 Å². The molecule has 1 N–H and O–H groups in total. The summed E-state index contributed by atoms with van der Waals surface area (Å²) in [6, 6.07) is 17.3. The van der Waals surface area contributed by atoms with E-state index in [1.807, 2.05) is 55.5 Å². The molecule has 1 saturated carbocycles. The number of carbonyl (C=O) groups excluding carboxylic acids is 1. The van der Waals surface area contributed by atoms with E-state index in [1.165, 1.54) is 0 Å². The number of rotatable bonds is 8. The molecule has 8 heteroatoms. The summed E-state index contributed by atoms with van der Waals surface area (Å²) in [5.74, 6) is 1.09. The highest BCUT2D eigenvalue weighted by Gasteiger charge is 2.48. The van der Waals surface area contributed by atoms with Crippen LogP contribution < -0.4 is 9.47 Å². The Kier molecular flexibility index (Phi) is 8.26. The molecule has 3 aliphatic rings. The van der Waals surface area contributed by atoms with Crippen LogP contribution in [0.2, 0.25) is 5.02 Å². The molecule has 0 spiro atoms. The second-order valence-electron chi connectivity index (χ2n) is 11.4. The fourth-order valence-corrected chi connectivity index (χ4v) is 6.27. The SMILES string of the molecule is CCOC(=O)C1(Oc2ccc3c(c2)/C(=C/CCN2CCC(O)(c4ccc(Cl)cc4)CC2)c2cccnc2CO3)CCC1. The standard InChI is InChI=1S/C34H37ClN2O5/c1-2-40-32(38)34(14-5-15-34)42-26-12-13-31-29(22-26)27(28-6-3-18-36-30(28)23-41-31)7-4-19-37-20-16-33(39,17-21-37)24-8-10-25(35)11-9-24/h3,6-13,18,22,39H,2,4-5,14-17,19-21,23H2,1H3/b27-7+. The van der Waals surface area contributed by atoms with Crippen molar-refractivity contribution in [2.75, 3.05) is 26.2 Å². The van der Waals surface area contributed by atoms with Crippen molar-refractivity contribution in [3.63, 3.8) is 0 Å². The summed E-state index contributed by atoms with van der Waals surface area (Å²) in [6.07, 6.45) is 8.46. The minimum atomic E-state index is -0.915. The maximum atomic E-state index is 12.7. The minimum Gasteiger partial charge on any atom is -0.487 e. The van der Waals surface area contributed by atoms with Crippen LogP contribution in [-0.4, -0.2) is 52.8 Å². The lowest BCUT2D eigenvalue weighted by Gasteiger charge is -2.39. The predicted molar refractivity (Wildman–Crippen MR) is 162 cm³/mol. The molecule has 3 heterocycles. The molecule has 2 aromatic carbocycles. The number of likely N-dealkylation sites (tertiary alicyclic amines) is 1. The Morgan fingerprint density at radius 1 is 1.10 bits per heavy atom. The Bertz CT molecular complexity index is 1460. The van der Waals surface area contributed by atoms with Crippen LogP contribution in [0.15, 0.2) is 66.9 Å². The van der Waals surface area contributed by atoms with Gasteiger partial charge < -0.3 is 24.2 Å². The van der Waals surface area contributed by atoms with Crippen LogP contribution in [0.5, 0.6) is 11.5 Å². The van der Waals surface area contributed by atoms with Gasteiger partial charge in [0.25, 0.3) is 0 Å². The van der Waals surface area contributed by atoms with Crippen LogP contribution in [-0.2, 0) is 21.7 Å². The van der Waals surface area contributed by atoms with Gasteiger partial charge in [0.2, 0.25) is 5.60 Å². The van der Waals surface area contributed by atoms with Gasteiger partial charge in [-0.2, -0.15) is 0 Å². The Morgan fingerprint density at radius 2 is 1.88 bits per heavy atom. The van der Waals surface area contributed by atoms with Crippen molar-refractivity contribution in [2.24, 2.45) is 0 Å². The molecule has 42 heavy (non-hydrogen) atoms. The first-order valence-corrected chi connectivity index (χ1v) is 15.3. The van der Waals surface area contributed by atoms with Crippen molar-refractivity contribution in [2.45, 2.75) is 63.3 Å². The third-order valence-corrected chi connectivity index (χ3v) is 9.02. The van der Waals surface area contributed by atoms with Gasteiger partial charge in [-0.3, -0.25) is 4.98 Å². The van der Waals surface area contributed by atoms with Gasteiger partial charge >= 0.3 is 5.97 Å². The molecule has 0 unspecified atom stereocenters. The third kappa shape index (κ3) is 5.78. The van der Waals surface area contributed by atoms with E-state index in [2.05, 4.69) is 22.0 Å². The molecule has 0 bridgehead atoms. The predicted octanol–water partition coefficient (Wildman–Crippen LogP) is 6.30. The van der Waals surface area contributed by atoms with Crippen LogP contribution >= 0.6 is 11.6 Å². The number of benzene rings is 2. The van der Waals surface area contributed by atoms with Gasteiger partial charge in [0.1, 0.15) is 18.1 Å². The third-order valence-electron chi connectivity index (χ3n) is 8.77. The van der Waals surface area contributed by atoms with Gasteiger partial charge in [0.05, 0.1) is 17.9 Å². The molecular formula is C34H37ClN2O5. The normalized spacial score (nSPS) is 19.9. The van der Waals surface area contributed by atoms with E-state index in [-0.39, 0.29) is 5.97 Å². The molecule has 6 rings (SSSR count). The summed E-state index contributed by atoms with van der Waals surface area (Å²) in [5.41, 5.74) is 3.08. The molecule has 1 aromatic heterocycles. The van der Waals surface area contributed by atoms with Gasteiger partial charge in [-0.15, -0.1) is 0 Å². The first-order chi connectivity index (χ1) is 20.4. The zero-order chi connectivity index (χ0) is 29.2. The zero-order valence-electron chi connectivity index (χ0n) is 24.0. The lowest BCUT2D eigenvalue weighted by Crippen LogP contribution is -2.51. The highest BCUT2D eigenvalue weighted by molar-refractivity contribution is 6.30. The number of nitrogens with zero attached hydrogens (tertiary/aromatic N) is 2. The van der Waals surface area contributed by atoms with Gasteiger partial charge in [-0.1, -0.05) is 35.9 Å². The molecule has 0 amide bonds. The van der Waals surface area contributed by atoms with Crippen molar-refractivity contribution >= 4 is 23.1 Å². The van der Waals surface area contributed by atoms with Crippen LogP contribution in [0.25, 0.3) is 5.57 Å². The molecule has 1 saturated heterocycles. The summed E-state index contributed by atoms with van der Waals surface area (Å²) < 4.78 is 17.9. The number of pyridine rings is 1. The quantitative estimate of drug-likeness (QED) is 0.309. The fourth-order valence-electron chi connectivity index (χ4n) is 6.14. The first-order valence-electron chi connectivity index (χ1n) is 14.9. The highest BCUT2D eigenvalue weighted by atomic mass is 35.5. The molecular weight excluding hydrogens is 552 g/mol.